The minimum absolute atomic E-state index is 0.266. The van der Waals surface area contributed by atoms with E-state index >= 15 is 0 Å². The van der Waals surface area contributed by atoms with Crippen molar-refractivity contribution in [3.05, 3.63) is 39.2 Å². The molecule has 0 unspecified atom stereocenters. The van der Waals surface area contributed by atoms with Crippen molar-refractivity contribution < 1.29 is 9.47 Å². The third kappa shape index (κ3) is 3.65. The van der Waals surface area contributed by atoms with E-state index in [-0.39, 0.29) is 6.79 Å². The first-order chi connectivity index (χ1) is 10.6. The highest BCUT2D eigenvalue weighted by atomic mass is 79.9. The SMILES string of the molecule is S=C(NCc1ccc2c(c1)OCO2)Nc1ncc(Br)nc1Br. The first-order valence-corrected chi connectivity index (χ1v) is 8.22. The van der Waals surface area contributed by atoms with Gasteiger partial charge in [-0.05, 0) is 61.8 Å². The summed E-state index contributed by atoms with van der Waals surface area (Å²) in [5.41, 5.74) is 1.04. The van der Waals surface area contributed by atoms with Crippen LogP contribution in [0.3, 0.4) is 0 Å². The van der Waals surface area contributed by atoms with E-state index in [9.17, 15) is 0 Å². The summed E-state index contributed by atoms with van der Waals surface area (Å²) in [5.74, 6) is 2.06. The molecule has 0 atom stereocenters. The fraction of sp³-hybridized carbons (Fsp3) is 0.154. The predicted molar refractivity (Wildman–Crippen MR) is 93.1 cm³/mol. The summed E-state index contributed by atoms with van der Waals surface area (Å²) in [5, 5.41) is 6.54. The summed E-state index contributed by atoms with van der Waals surface area (Å²) in [4.78, 5) is 8.36. The fourth-order valence-electron chi connectivity index (χ4n) is 1.82. The molecule has 1 aromatic heterocycles. The lowest BCUT2D eigenvalue weighted by atomic mass is 10.2. The number of anilines is 1. The zero-order chi connectivity index (χ0) is 15.5. The maximum absolute atomic E-state index is 5.34. The summed E-state index contributed by atoms with van der Waals surface area (Å²) in [6.45, 7) is 0.826. The minimum Gasteiger partial charge on any atom is -0.454 e. The number of rotatable bonds is 3. The van der Waals surface area contributed by atoms with E-state index in [0.29, 0.717) is 26.7 Å². The van der Waals surface area contributed by atoms with Gasteiger partial charge in [0.2, 0.25) is 6.79 Å². The molecule has 0 spiro atoms. The van der Waals surface area contributed by atoms with Crippen molar-refractivity contribution in [2.45, 2.75) is 6.54 Å². The van der Waals surface area contributed by atoms with Gasteiger partial charge in [0, 0.05) is 6.54 Å². The Balaban J connectivity index is 1.58. The second kappa shape index (κ2) is 6.76. The van der Waals surface area contributed by atoms with Crippen LogP contribution >= 0.6 is 44.1 Å². The molecule has 1 aromatic carbocycles. The molecular formula is C13H10Br2N4O2S. The van der Waals surface area contributed by atoms with Crippen LogP contribution in [0.15, 0.2) is 33.6 Å². The first kappa shape index (κ1) is 15.4. The summed E-state index contributed by atoms with van der Waals surface area (Å²) in [6, 6.07) is 5.76. The molecule has 114 valence electrons. The fourth-order valence-corrected chi connectivity index (χ4v) is 2.89. The van der Waals surface area contributed by atoms with Crippen LogP contribution in [-0.4, -0.2) is 21.9 Å². The number of ether oxygens (including phenoxy) is 2. The molecule has 0 saturated carbocycles. The lowest BCUT2D eigenvalue weighted by Crippen LogP contribution is -2.28. The lowest BCUT2D eigenvalue weighted by Gasteiger charge is -2.11. The van der Waals surface area contributed by atoms with Gasteiger partial charge in [-0.3, -0.25) is 0 Å². The Morgan fingerprint density at radius 2 is 2.09 bits per heavy atom. The Hall–Kier alpha value is -1.45. The second-order valence-corrected chi connectivity index (χ2v) is 6.30. The Morgan fingerprint density at radius 1 is 1.27 bits per heavy atom. The van der Waals surface area contributed by atoms with Crippen LogP contribution in [0.1, 0.15) is 5.56 Å². The highest BCUT2D eigenvalue weighted by Gasteiger charge is 2.13. The van der Waals surface area contributed by atoms with E-state index in [1.54, 1.807) is 6.20 Å². The van der Waals surface area contributed by atoms with Crippen molar-refractivity contribution in [3.63, 3.8) is 0 Å². The largest absolute Gasteiger partial charge is 0.454 e. The van der Waals surface area contributed by atoms with Gasteiger partial charge < -0.3 is 20.1 Å². The van der Waals surface area contributed by atoms with Crippen LogP contribution in [0.4, 0.5) is 5.82 Å². The molecule has 2 aromatic rings. The molecule has 6 nitrogen and oxygen atoms in total. The highest BCUT2D eigenvalue weighted by molar-refractivity contribution is 9.11. The molecule has 22 heavy (non-hydrogen) atoms. The number of hydrogen-bond acceptors (Lipinski definition) is 5. The van der Waals surface area contributed by atoms with Crippen molar-refractivity contribution in [1.29, 1.82) is 0 Å². The summed E-state index contributed by atoms with van der Waals surface area (Å²) in [6.07, 6.45) is 1.59. The van der Waals surface area contributed by atoms with Gasteiger partial charge in [-0.2, -0.15) is 0 Å². The maximum Gasteiger partial charge on any atom is 0.231 e. The van der Waals surface area contributed by atoms with Gasteiger partial charge in [0.1, 0.15) is 9.21 Å². The zero-order valence-electron chi connectivity index (χ0n) is 11.1. The molecule has 0 fully saturated rings. The van der Waals surface area contributed by atoms with E-state index < -0.39 is 0 Å². The Labute approximate surface area is 148 Å². The molecular weight excluding hydrogens is 436 g/mol. The smallest absolute Gasteiger partial charge is 0.231 e. The van der Waals surface area contributed by atoms with Gasteiger partial charge in [-0.1, -0.05) is 6.07 Å². The van der Waals surface area contributed by atoms with Crippen molar-refractivity contribution in [3.8, 4) is 11.5 Å². The van der Waals surface area contributed by atoms with Crippen molar-refractivity contribution in [2.75, 3.05) is 12.1 Å². The van der Waals surface area contributed by atoms with Crippen molar-refractivity contribution >= 4 is 55.0 Å². The van der Waals surface area contributed by atoms with Crippen molar-refractivity contribution in [1.82, 2.24) is 15.3 Å². The van der Waals surface area contributed by atoms with Gasteiger partial charge in [-0.25, -0.2) is 9.97 Å². The Kier molecular flexibility index (Phi) is 4.74. The Bertz CT molecular complexity index is 729. The zero-order valence-corrected chi connectivity index (χ0v) is 15.1. The second-order valence-electron chi connectivity index (χ2n) is 4.33. The predicted octanol–water partition coefficient (Wildman–Crippen LogP) is 3.22. The number of fused-ring (bicyclic) bond motifs is 1. The van der Waals surface area contributed by atoms with Crippen LogP contribution in [0.2, 0.25) is 0 Å². The van der Waals surface area contributed by atoms with E-state index in [2.05, 4.69) is 52.5 Å². The number of hydrogen-bond donors (Lipinski definition) is 2. The average Bonchev–Trinajstić information content (AvgIpc) is 2.95. The number of nitrogens with one attached hydrogen (secondary N) is 2. The number of thiocarbonyl (C=S) groups is 1. The minimum atomic E-state index is 0.266. The van der Waals surface area contributed by atoms with Crippen molar-refractivity contribution in [2.24, 2.45) is 0 Å². The quantitative estimate of drug-likeness (QED) is 0.703. The molecule has 2 N–H and O–H groups in total. The number of benzene rings is 1. The van der Waals surface area contributed by atoms with Gasteiger partial charge in [-0.15, -0.1) is 0 Å². The van der Waals surface area contributed by atoms with Gasteiger partial charge >= 0.3 is 0 Å². The summed E-state index contributed by atoms with van der Waals surface area (Å²) < 4.78 is 11.8. The third-order valence-electron chi connectivity index (χ3n) is 2.82. The van der Waals surface area contributed by atoms with Gasteiger partial charge in [0.25, 0.3) is 0 Å². The standard InChI is InChI=1S/C13H10Br2N4O2S/c14-10-5-16-12(11(15)18-10)19-13(22)17-4-7-1-2-8-9(3-7)21-6-20-8/h1-3,5H,4,6H2,(H2,16,17,19,22). The highest BCUT2D eigenvalue weighted by Crippen LogP contribution is 2.32. The Morgan fingerprint density at radius 3 is 2.91 bits per heavy atom. The van der Waals surface area contributed by atoms with E-state index in [4.69, 9.17) is 21.7 Å². The number of aromatic nitrogens is 2. The molecule has 9 heteroatoms. The van der Waals surface area contributed by atoms with E-state index in [1.807, 2.05) is 18.2 Å². The molecule has 1 aliphatic rings. The van der Waals surface area contributed by atoms with E-state index in [1.165, 1.54) is 0 Å². The number of halogens is 2. The van der Waals surface area contributed by atoms with Crippen LogP contribution in [-0.2, 0) is 6.54 Å². The van der Waals surface area contributed by atoms with Crippen LogP contribution in [0.5, 0.6) is 11.5 Å². The first-order valence-electron chi connectivity index (χ1n) is 6.23. The molecule has 0 bridgehead atoms. The van der Waals surface area contributed by atoms with Crippen LogP contribution in [0.25, 0.3) is 0 Å². The maximum atomic E-state index is 5.34. The molecule has 2 heterocycles. The molecule has 3 rings (SSSR count). The lowest BCUT2D eigenvalue weighted by molar-refractivity contribution is 0.174. The molecule has 1 aliphatic heterocycles. The third-order valence-corrected chi connectivity index (χ3v) is 4.00. The van der Waals surface area contributed by atoms with E-state index in [0.717, 1.165) is 17.1 Å². The summed E-state index contributed by atoms with van der Waals surface area (Å²) >= 11 is 11.8. The summed E-state index contributed by atoms with van der Waals surface area (Å²) in [7, 11) is 0. The number of nitrogens with zero attached hydrogens (tertiary/aromatic N) is 2. The topological polar surface area (TPSA) is 68.3 Å². The van der Waals surface area contributed by atoms with Crippen LogP contribution in [0, 0.1) is 0 Å². The molecule has 0 radical (unpaired) electrons. The van der Waals surface area contributed by atoms with Gasteiger partial charge in [0.15, 0.2) is 22.4 Å². The normalized spacial score (nSPS) is 12.1. The molecule has 0 aliphatic carbocycles. The van der Waals surface area contributed by atoms with Crippen LogP contribution < -0.4 is 20.1 Å². The molecule has 0 saturated heterocycles. The van der Waals surface area contributed by atoms with Gasteiger partial charge in [0.05, 0.1) is 6.20 Å². The molecule has 0 amide bonds. The average molecular weight is 446 g/mol. The monoisotopic (exact) mass is 444 g/mol.